The van der Waals surface area contributed by atoms with Crippen LogP contribution in [0.1, 0.15) is 16.7 Å². The normalized spacial score (nSPS) is 10.7. The van der Waals surface area contributed by atoms with Crippen LogP contribution in [0.2, 0.25) is 0 Å². The van der Waals surface area contributed by atoms with E-state index in [1.54, 1.807) is 0 Å². The molecule has 94 valence electrons. The summed E-state index contributed by atoms with van der Waals surface area (Å²) in [6.45, 7) is 5.13. The maximum Gasteiger partial charge on any atom is 0.0519 e. The van der Waals surface area contributed by atoms with Crippen LogP contribution < -0.4 is 5.43 Å². The van der Waals surface area contributed by atoms with Crippen molar-refractivity contribution < 1.29 is 0 Å². The van der Waals surface area contributed by atoms with Gasteiger partial charge < -0.3 is 5.43 Å². The lowest BCUT2D eigenvalue weighted by atomic mass is 10.1. The number of hydrogen-bond acceptors (Lipinski definition) is 2. The monoisotopic (exact) mass is 240 g/mol. The van der Waals surface area contributed by atoms with Crippen LogP contribution >= 0.6 is 0 Å². The number of benzene rings is 2. The molecule has 2 heteroatoms. The minimum Gasteiger partial charge on any atom is -0.319 e. The quantitative estimate of drug-likeness (QED) is 0.818. The van der Waals surface area contributed by atoms with Gasteiger partial charge in [-0.15, -0.1) is 0 Å². The lowest BCUT2D eigenvalue weighted by Crippen LogP contribution is -2.25. The van der Waals surface area contributed by atoms with Crippen molar-refractivity contribution in [2.75, 3.05) is 12.5 Å². The van der Waals surface area contributed by atoms with Gasteiger partial charge in [0.1, 0.15) is 0 Å². The fourth-order valence-corrected chi connectivity index (χ4v) is 2.04. The van der Waals surface area contributed by atoms with E-state index < -0.39 is 0 Å². The second-order valence-electron chi connectivity index (χ2n) is 4.77. The molecule has 0 radical (unpaired) electrons. The summed E-state index contributed by atoms with van der Waals surface area (Å²) in [5.41, 5.74) is 8.46. The highest BCUT2D eigenvalue weighted by Gasteiger charge is 2.02. The number of rotatable bonds is 4. The van der Waals surface area contributed by atoms with Gasteiger partial charge in [-0.3, -0.25) is 0 Å². The van der Waals surface area contributed by atoms with Crippen LogP contribution in [0.4, 0.5) is 5.69 Å². The smallest absolute Gasteiger partial charge is 0.0519 e. The maximum atomic E-state index is 3.42. The highest BCUT2D eigenvalue weighted by Crippen LogP contribution is 2.17. The summed E-state index contributed by atoms with van der Waals surface area (Å²) in [7, 11) is 2.06. The van der Waals surface area contributed by atoms with Crippen LogP contribution in [0, 0.1) is 13.8 Å². The molecule has 0 bridgehead atoms. The molecule has 2 rings (SSSR count). The van der Waals surface area contributed by atoms with E-state index >= 15 is 0 Å². The molecule has 0 aromatic heterocycles. The number of hydrogen-bond donors (Lipinski definition) is 1. The third-order valence-electron chi connectivity index (χ3n) is 2.96. The van der Waals surface area contributed by atoms with Crippen LogP contribution in [-0.4, -0.2) is 12.1 Å². The van der Waals surface area contributed by atoms with Gasteiger partial charge >= 0.3 is 0 Å². The van der Waals surface area contributed by atoms with E-state index in [4.69, 9.17) is 0 Å². The first-order chi connectivity index (χ1) is 8.65. The van der Waals surface area contributed by atoms with Crippen LogP contribution in [0.3, 0.4) is 0 Å². The average molecular weight is 240 g/mol. The standard InChI is InChI=1S/C16H20N2/c1-13-9-10-16(14(2)11-13)17-18(3)12-15-7-5-4-6-8-15/h4-11,17H,12H2,1-3H3. The van der Waals surface area contributed by atoms with Crippen LogP contribution in [0.5, 0.6) is 0 Å². The predicted molar refractivity (Wildman–Crippen MR) is 77.4 cm³/mol. The third-order valence-corrected chi connectivity index (χ3v) is 2.96. The lowest BCUT2D eigenvalue weighted by Gasteiger charge is -2.21. The molecule has 0 heterocycles. The highest BCUT2D eigenvalue weighted by atomic mass is 15.5. The minimum absolute atomic E-state index is 0.883. The Morgan fingerprint density at radius 3 is 2.39 bits per heavy atom. The van der Waals surface area contributed by atoms with Gasteiger partial charge in [0.2, 0.25) is 0 Å². The van der Waals surface area contributed by atoms with Gasteiger partial charge in [-0.2, -0.15) is 0 Å². The molecular weight excluding hydrogens is 220 g/mol. The molecular formula is C16H20N2. The van der Waals surface area contributed by atoms with Gasteiger partial charge in [0.15, 0.2) is 0 Å². The maximum absolute atomic E-state index is 3.42. The Morgan fingerprint density at radius 2 is 1.72 bits per heavy atom. The molecule has 2 aromatic rings. The first-order valence-corrected chi connectivity index (χ1v) is 6.24. The lowest BCUT2D eigenvalue weighted by molar-refractivity contribution is 0.395. The van der Waals surface area contributed by atoms with Crippen molar-refractivity contribution in [2.24, 2.45) is 0 Å². The number of nitrogens with zero attached hydrogens (tertiary/aromatic N) is 1. The summed E-state index contributed by atoms with van der Waals surface area (Å²) < 4.78 is 0. The third kappa shape index (κ3) is 3.34. The highest BCUT2D eigenvalue weighted by molar-refractivity contribution is 5.51. The summed E-state index contributed by atoms with van der Waals surface area (Å²) in [5.74, 6) is 0. The SMILES string of the molecule is Cc1ccc(NN(C)Cc2ccccc2)c(C)c1. The zero-order valence-electron chi connectivity index (χ0n) is 11.3. The Labute approximate surface area is 109 Å². The Balaban J connectivity index is 2.01. The molecule has 0 aliphatic carbocycles. The van der Waals surface area contributed by atoms with Crippen molar-refractivity contribution in [3.63, 3.8) is 0 Å². The van der Waals surface area contributed by atoms with E-state index in [9.17, 15) is 0 Å². The van der Waals surface area contributed by atoms with E-state index in [1.807, 2.05) is 6.07 Å². The second-order valence-corrected chi connectivity index (χ2v) is 4.77. The summed E-state index contributed by atoms with van der Waals surface area (Å²) in [6.07, 6.45) is 0. The Kier molecular flexibility index (Phi) is 4.00. The number of anilines is 1. The molecule has 0 aliphatic heterocycles. The largest absolute Gasteiger partial charge is 0.319 e. The molecule has 18 heavy (non-hydrogen) atoms. The van der Waals surface area contributed by atoms with E-state index in [0.717, 1.165) is 6.54 Å². The van der Waals surface area contributed by atoms with Crippen molar-refractivity contribution in [3.05, 3.63) is 65.2 Å². The molecule has 0 fully saturated rings. The predicted octanol–water partition coefficient (Wildman–Crippen LogP) is 3.76. The molecule has 0 amide bonds. The minimum atomic E-state index is 0.883. The molecule has 0 aliphatic rings. The molecule has 0 atom stereocenters. The zero-order chi connectivity index (χ0) is 13.0. The van der Waals surface area contributed by atoms with Gasteiger partial charge in [-0.05, 0) is 31.0 Å². The number of nitrogens with one attached hydrogen (secondary N) is 1. The van der Waals surface area contributed by atoms with Crippen LogP contribution in [0.25, 0.3) is 0 Å². The van der Waals surface area contributed by atoms with E-state index in [1.165, 1.54) is 22.4 Å². The van der Waals surface area contributed by atoms with Gasteiger partial charge in [0.05, 0.1) is 5.69 Å². The molecule has 1 N–H and O–H groups in total. The van der Waals surface area contributed by atoms with Crippen molar-refractivity contribution >= 4 is 5.69 Å². The molecule has 0 unspecified atom stereocenters. The molecule has 2 nitrogen and oxygen atoms in total. The Hall–Kier alpha value is -1.80. The molecule has 2 aromatic carbocycles. The van der Waals surface area contributed by atoms with Gasteiger partial charge in [-0.25, -0.2) is 5.01 Å². The zero-order valence-corrected chi connectivity index (χ0v) is 11.3. The van der Waals surface area contributed by atoms with Crippen LogP contribution in [0.15, 0.2) is 48.5 Å². The number of aryl methyl sites for hydroxylation is 2. The fraction of sp³-hybridized carbons (Fsp3) is 0.250. The first kappa shape index (κ1) is 12.7. The Morgan fingerprint density at radius 1 is 1.00 bits per heavy atom. The average Bonchev–Trinajstić information content (AvgIpc) is 2.34. The topological polar surface area (TPSA) is 15.3 Å². The van der Waals surface area contributed by atoms with Crippen molar-refractivity contribution in [3.8, 4) is 0 Å². The summed E-state index contributed by atoms with van der Waals surface area (Å²) in [6, 6.07) is 16.9. The summed E-state index contributed by atoms with van der Waals surface area (Å²) in [4.78, 5) is 0. The van der Waals surface area contributed by atoms with E-state index in [0.29, 0.717) is 0 Å². The van der Waals surface area contributed by atoms with Crippen molar-refractivity contribution in [1.29, 1.82) is 0 Å². The van der Waals surface area contributed by atoms with Gasteiger partial charge in [0.25, 0.3) is 0 Å². The molecule has 0 saturated heterocycles. The van der Waals surface area contributed by atoms with Crippen molar-refractivity contribution in [1.82, 2.24) is 5.01 Å². The van der Waals surface area contributed by atoms with Crippen molar-refractivity contribution in [2.45, 2.75) is 20.4 Å². The summed E-state index contributed by atoms with van der Waals surface area (Å²) >= 11 is 0. The fourth-order valence-electron chi connectivity index (χ4n) is 2.04. The summed E-state index contributed by atoms with van der Waals surface area (Å²) in [5, 5.41) is 2.10. The number of hydrazine groups is 1. The van der Waals surface area contributed by atoms with E-state index in [-0.39, 0.29) is 0 Å². The van der Waals surface area contributed by atoms with Gasteiger partial charge in [-0.1, -0.05) is 48.0 Å². The van der Waals surface area contributed by atoms with Crippen LogP contribution in [-0.2, 0) is 6.54 Å². The second kappa shape index (κ2) is 5.69. The first-order valence-electron chi connectivity index (χ1n) is 6.24. The van der Waals surface area contributed by atoms with E-state index in [2.05, 4.69) is 73.8 Å². The molecule has 0 saturated carbocycles. The Bertz CT molecular complexity index is 506. The van der Waals surface area contributed by atoms with Gasteiger partial charge in [0, 0.05) is 13.6 Å². The molecule has 0 spiro atoms.